The van der Waals surface area contributed by atoms with E-state index < -0.39 is 0 Å². The Labute approximate surface area is 208 Å². The van der Waals surface area contributed by atoms with Crippen molar-refractivity contribution in [2.75, 3.05) is 13.7 Å². The summed E-state index contributed by atoms with van der Waals surface area (Å²) in [6, 6.07) is 17.2. The van der Waals surface area contributed by atoms with Gasteiger partial charge in [-0.3, -0.25) is 14.5 Å². The van der Waals surface area contributed by atoms with Gasteiger partial charge in [0.25, 0.3) is 0 Å². The first-order valence-electron chi connectivity index (χ1n) is 10.9. The number of thioether (sulfide) groups is 1. The Bertz CT molecular complexity index is 1240. The molecule has 0 spiro atoms. The monoisotopic (exact) mass is 495 g/mol. The van der Waals surface area contributed by atoms with Crippen molar-refractivity contribution in [1.29, 1.82) is 0 Å². The van der Waals surface area contributed by atoms with E-state index in [9.17, 15) is 5.11 Å². The van der Waals surface area contributed by atoms with Gasteiger partial charge in [0.1, 0.15) is 0 Å². The van der Waals surface area contributed by atoms with Gasteiger partial charge in [-0.2, -0.15) is 0 Å². The maximum absolute atomic E-state index is 10.6. The van der Waals surface area contributed by atoms with E-state index in [1.54, 1.807) is 30.2 Å². The van der Waals surface area contributed by atoms with Gasteiger partial charge in [-0.15, -0.1) is 10.2 Å². The zero-order valence-electron chi connectivity index (χ0n) is 19.1. The molecule has 0 fully saturated rings. The van der Waals surface area contributed by atoms with Crippen LogP contribution in [0.5, 0.6) is 11.5 Å². The molecular weight excluding hydrogens is 470 g/mol. The molecule has 0 aliphatic carbocycles. The minimum atomic E-state index is 0.168. The second-order valence-electron chi connectivity index (χ2n) is 7.73. The van der Waals surface area contributed by atoms with Crippen LogP contribution in [0.1, 0.15) is 23.9 Å². The molecule has 4 rings (SSSR count). The maximum Gasteiger partial charge on any atom is 0.196 e. The first-order valence-corrected chi connectivity index (χ1v) is 12.3. The largest absolute Gasteiger partial charge is 0.504 e. The van der Waals surface area contributed by atoms with Crippen molar-refractivity contribution in [2.24, 2.45) is 0 Å². The molecule has 0 aliphatic heterocycles. The number of aromatic hydroxyl groups is 1. The van der Waals surface area contributed by atoms with Crippen molar-refractivity contribution in [3.63, 3.8) is 0 Å². The number of ether oxygens (including phenoxy) is 1. The van der Waals surface area contributed by atoms with Crippen molar-refractivity contribution < 1.29 is 9.84 Å². The molecule has 4 aromatic rings. The van der Waals surface area contributed by atoms with Crippen molar-refractivity contribution in [1.82, 2.24) is 24.6 Å². The molecule has 2 heterocycles. The third kappa shape index (κ3) is 5.88. The molecule has 9 heteroatoms. The molecule has 7 nitrogen and oxygen atoms in total. The van der Waals surface area contributed by atoms with Crippen molar-refractivity contribution in [3.8, 4) is 17.2 Å². The fourth-order valence-corrected chi connectivity index (χ4v) is 4.66. The standard InChI is InChI=1S/C25H26ClN5O2S/c1-3-33-22-9-4-6-19(24(22)32)15-30(2)16-23-28-29-25(34-17-18-10-12-27-13-11-18)31(23)21-8-5-7-20(26)14-21/h4-14,32H,3,15-17H2,1-2H3. The Kier molecular flexibility index (Phi) is 8.05. The van der Waals surface area contributed by atoms with Crippen molar-refractivity contribution >= 4 is 23.4 Å². The molecular formula is C25H26ClN5O2S. The second-order valence-corrected chi connectivity index (χ2v) is 9.11. The average Bonchev–Trinajstić information content (AvgIpc) is 3.23. The fraction of sp³-hybridized carbons (Fsp3) is 0.240. The number of rotatable bonds is 10. The van der Waals surface area contributed by atoms with Crippen LogP contribution in [0.2, 0.25) is 5.02 Å². The van der Waals surface area contributed by atoms with E-state index in [1.807, 2.05) is 67.1 Å². The lowest BCUT2D eigenvalue weighted by Gasteiger charge is -2.19. The Morgan fingerprint density at radius 1 is 1.06 bits per heavy atom. The lowest BCUT2D eigenvalue weighted by molar-refractivity contribution is 0.291. The number of hydrogen-bond donors (Lipinski definition) is 1. The Morgan fingerprint density at radius 3 is 2.62 bits per heavy atom. The number of hydrogen-bond acceptors (Lipinski definition) is 7. The van der Waals surface area contributed by atoms with Crippen LogP contribution in [0.4, 0.5) is 0 Å². The normalized spacial score (nSPS) is 11.2. The number of aromatic nitrogens is 4. The molecule has 0 saturated carbocycles. The van der Waals surface area contributed by atoms with E-state index in [0.717, 1.165) is 33.5 Å². The Morgan fingerprint density at radius 2 is 1.85 bits per heavy atom. The molecule has 0 unspecified atom stereocenters. The highest BCUT2D eigenvalue weighted by Gasteiger charge is 2.18. The SMILES string of the molecule is CCOc1cccc(CN(C)Cc2nnc(SCc3ccncc3)n2-c2cccc(Cl)c2)c1O. The Hall–Kier alpha value is -3.07. The van der Waals surface area contributed by atoms with Gasteiger partial charge in [0.2, 0.25) is 0 Å². The summed E-state index contributed by atoms with van der Waals surface area (Å²) in [5, 5.41) is 21.0. The molecule has 1 N–H and O–H groups in total. The van der Waals surface area contributed by atoms with E-state index in [2.05, 4.69) is 20.1 Å². The van der Waals surface area contributed by atoms with Gasteiger partial charge in [0.15, 0.2) is 22.5 Å². The topological polar surface area (TPSA) is 76.3 Å². The maximum atomic E-state index is 10.6. The lowest BCUT2D eigenvalue weighted by atomic mass is 10.1. The van der Waals surface area contributed by atoms with Gasteiger partial charge in [0.05, 0.1) is 18.8 Å². The summed E-state index contributed by atoms with van der Waals surface area (Å²) in [5.74, 6) is 2.18. The summed E-state index contributed by atoms with van der Waals surface area (Å²) in [4.78, 5) is 6.16. The van der Waals surface area contributed by atoms with Gasteiger partial charge in [-0.25, -0.2) is 0 Å². The summed E-state index contributed by atoms with van der Waals surface area (Å²) in [7, 11) is 1.98. The quantitative estimate of drug-likeness (QED) is 0.297. The van der Waals surface area contributed by atoms with Crippen LogP contribution in [-0.2, 0) is 18.8 Å². The van der Waals surface area contributed by atoms with E-state index >= 15 is 0 Å². The molecule has 0 amide bonds. The molecule has 0 saturated heterocycles. The molecule has 176 valence electrons. The third-order valence-electron chi connectivity index (χ3n) is 5.12. The average molecular weight is 496 g/mol. The van der Waals surface area contributed by atoms with Crippen LogP contribution in [0.25, 0.3) is 5.69 Å². The highest BCUT2D eigenvalue weighted by atomic mass is 35.5. The molecule has 0 bridgehead atoms. The van der Waals surface area contributed by atoms with Gasteiger partial charge in [-0.1, -0.05) is 41.6 Å². The molecule has 0 atom stereocenters. The summed E-state index contributed by atoms with van der Waals surface area (Å²) in [6.07, 6.45) is 3.57. The molecule has 0 aliphatic rings. The second kappa shape index (κ2) is 11.4. The zero-order valence-corrected chi connectivity index (χ0v) is 20.6. The smallest absolute Gasteiger partial charge is 0.196 e. The van der Waals surface area contributed by atoms with Gasteiger partial charge in [-0.05, 0) is 55.9 Å². The highest BCUT2D eigenvalue weighted by Crippen LogP contribution is 2.31. The van der Waals surface area contributed by atoms with Gasteiger partial charge < -0.3 is 9.84 Å². The molecule has 2 aromatic heterocycles. The van der Waals surface area contributed by atoms with Gasteiger partial charge in [0, 0.05) is 35.3 Å². The number of para-hydroxylation sites is 1. The summed E-state index contributed by atoms with van der Waals surface area (Å²) < 4.78 is 7.55. The number of phenolic OH excluding ortho intramolecular Hbond substituents is 1. The number of pyridine rings is 1. The van der Waals surface area contributed by atoms with E-state index in [1.165, 1.54) is 0 Å². The minimum absolute atomic E-state index is 0.168. The van der Waals surface area contributed by atoms with Gasteiger partial charge >= 0.3 is 0 Å². The van der Waals surface area contributed by atoms with E-state index in [0.29, 0.717) is 30.5 Å². The summed E-state index contributed by atoms with van der Waals surface area (Å²) in [6.45, 7) is 3.43. The lowest BCUT2D eigenvalue weighted by Crippen LogP contribution is -2.20. The number of nitrogens with zero attached hydrogens (tertiary/aromatic N) is 5. The van der Waals surface area contributed by atoms with E-state index in [-0.39, 0.29) is 5.75 Å². The van der Waals surface area contributed by atoms with Crippen LogP contribution in [-0.4, -0.2) is 43.4 Å². The first kappa shape index (κ1) is 24.1. The number of halogens is 1. The Balaban J connectivity index is 1.57. The number of benzene rings is 2. The van der Waals surface area contributed by atoms with Crippen molar-refractivity contribution in [2.45, 2.75) is 30.9 Å². The van der Waals surface area contributed by atoms with Crippen LogP contribution in [0.15, 0.2) is 72.1 Å². The number of phenols is 1. The first-order chi connectivity index (χ1) is 16.5. The molecule has 34 heavy (non-hydrogen) atoms. The predicted molar refractivity (Wildman–Crippen MR) is 135 cm³/mol. The summed E-state index contributed by atoms with van der Waals surface area (Å²) in [5.41, 5.74) is 2.85. The summed E-state index contributed by atoms with van der Waals surface area (Å²) >= 11 is 7.90. The van der Waals surface area contributed by atoms with Crippen molar-refractivity contribution in [3.05, 3.63) is 89.0 Å². The zero-order chi connectivity index (χ0) is 23.9. The highest BCUT2D eigenvalue weighted by molar-refractivity contribution is 7.98. The third-order valence-corrected chi connectivity index (χ3v) is 6.35. The van der Waals surface area contributed by atoms with E-state index in [4.69, 9.17) is 16.3 Å². The fourth-order valence-electron chi connectivity index (χ4n) is 3.55. The van der Waals surface area contributed by atoms with Crippen LogP contribution in [0.3, 0.4) is 0 Å². The molecule has 0 radical (unpaired) electrons. The predicted octanol–water partition coefficient (Wildman–Crippen LogP) is 5.34. The van der Waals surface area contributed by atoms with Crippen LogP contribution < -0.4 is 4.74 Å². The minimum Gasteiger partial charge on any atom is -0.504 e. The van der Waals surface area contributed by atoms with Crippen LogP contribution >= 0.6 is 23.4 Å². The molecule has 2 aromatic carbocycles. The van der Waals surface area contributed by atoms with Crippen LogP contribution in [0, 0.1) is 0 Å².